The summed E-state index contributed by atoms with van der Waals surface area (Å²) in [5.41, 5.74) is -0.367. The monoisotopic (exact) mass is 410 g/mol. The first-order valence-corrected chi connectivity index (χ1v) is 8.90. The summed E-state index contributed by atoms with van der Waals surface area (Å²) in [6, 6.07) is 5.92. The average Bonchev–Trinajstić information content (AvgIpc) is 3.10. The number of halogens is 5. The first-order valence-electron chi connectivity index (χ1n) is 8.90. The van der Waals surface area contributed by atoms with E-state index in [1.807, 2.05) is 0 Å². The maximum atomic E-state index is 13.9. The van der Waals surface area contributed by atoms with Gasteiger partial charge in [-0.2, -0.15) is 13.2 Å². The summed E-state index contributed by atoms with van der Waals surface area (Å²) in [6.45, 7) is 0.616. The van der Waals surface area contributed by atoms with Crippen molar-refractivity contribution in [2.75, 3.05) is 13.1 Å². The van der Waals surface area contributed by atoms with E-state index in [0.717, 1.165) is 24.3 Å². The van der Waals surface area contributed by atoms with Crippen LogP contribution in [0.25, 0.3) is 11.0 Å². The highest BCUT2D eigenvalue weighted by Crippen LogP contribution is 2.32. The molecule has 1 aliphatic heterocycles. The van der Waals surface area contributed by atoms with Gasteiger partial charge in [-0.1, -0.05) is 5.21 Å². The fraction of sp³-hybridized carbons (Fsp3) is 0.316. The van der Waals surface area contributed by atoms with Gasteiger partial charge in [-0.25, -0.2) is 13.5 Å². The Kier molecular flexibility index (Phi) is 4.71. The highest BCUT2D eigenvalue weighted by Gasteiger charge is 2.32. The summed E-state index contributed by atoms with van der Waals surface area (Å²) in [4.78, 5) is 14.0. The number of aromatic nitrogens is 3. The zero-order chi connectivity index (χ0) is 20.8. The van der Waals surface area contributed by atoms with E-state index >= 15 is 0 Å². The van der Waals surface area contributed by atoms with E-state index in [1.54, 1.807) is 4.68 Å². The van der Waals surface area contributed by atoms with E-state index in [-0.39, 0.29) is 17.1 Å². The van der Waals surface area contributed by atoms with Crippen LogP contribution in [0.2, 0.25) is 0 Å². The number of benzene rings is 2. The van der Waals surface area contributed by atoms with Crippen LogP contribution in [0, 0.1) is 11.6 Å². The predicted octanol–water partition coefficient (Wildman–Crippen LogP) is 4.21. The second-order valence-corrected chi connectivity index (χ2v) is 6.88. The summed E-state index contributed by atoms with van der Waals surface area (Å²) in [6.07, 6.45) is -3.50. The highest BCUT2D eigenvalue weighted by atomic mass is 19.4. The number of carbonyl (C=O) groups excluding carboxylic acids is 1. The van der Waals surface area contributed by atoms with E-state index in [0.29, 0.717) is 37.5 Å². The standard InChI is InChI=1S/C19H15F5N4O/c20-12-2-3-14(15(21)10-12)18(29)27-7-5-13(6-8-27)28-17-4-1-11(19(22,23)24)9-16(17)25-26-28/h1-4,9-10,13H,5-8H2. The van der Waals surface area contributed by atoms with Gasteiger partial charge >= 0.3 is 6.18 Å². The topological polar surface area (TPSA) is 51.0 Å². The summed E-state index contributed by atoms with van der Waals surface area (Å²) in [5, 5.41) is 7.83. The molecule has 0 aliphatic carbocycles. The Bertz CT molecular complexity index is 1070. The number of nitrogens with zero attached hydrogens (tertiary/aromatic N) is 4. The Labute approximate surface area is 161 Å². The SMILES string of the molecule is O=C(c1ccc(F)cc1F)N1CCC(n2nnc3cc(C(F)(F)F)ccc32)CC1. The minimum absolute atomic E-state index is 0.145. The van der Waals surface area contributed by atoms with Crippen LogP contribution in [-0.2, 0) is 6.18 Å². The molecule has 29 heavy (non-hydrogen) atoms. The lowest BCUT2D eigenvalue weighted by molar-refractivity contribution is -0.137. The van der Waals surface area contributed by atoms with Crippen LogP contribution in [0.1, 0.15) is 34.8 Å². The molecule has 1 amide bonds. The van der Waals surface area contributed by atoms with Gasteiger partial charge in [0.2, 0.25) is 0 Å². The molecule has 2 aromatic carbocycles. The predicted molar refractivity (Wildman–Crippen MR) is 93.1 cm³/mol. The zero-order valence-electron chi connectivity index (χ0n) is 15.0. The van der Waals surface area contributed by atoms with Gasteiger partial charge in [0.15, 0.2) is 0 Å². The summed E-state index contributed by atoms with van der Waals surface area (Å²) in [7, 11) is 0. The lowest BCUT2D eigenvalue weighted by atomic mass is 10.0. The number of rotatable bonds is 2. The quantitative estimate of drug-likeness (QED) is 0.595. The van der Waals surface area contributed by atoms with Gasteiger partial charge in [0.05, 0.1) is 22.7 Å². The molecule has 0 spiro atoms. The van der Waals surface area contributed by atoms with Crippen LogP contribution in [0.4, 0.5) is 22.0 Å². The summed E-state index contributed by atoms with van der Waals surface area (Å²) < 4.78 is 67.0. The molecule has 0 N–H and O–H groups in total. The number of likely N-dealkylation sites (tertiary alicyclic amines) is 1. The van der Waals surface area contributed by atoms with Gasteiger partial charge in [0.1, 0.15) is 17.2 Å². The first kappa shape index (κ1) is 19.3. The van der Waals surface area contributed by atoms with Crippen molar-refractivity contribution in [1.29, 1.82) is 0 Å². The molecule has 10 heteroatoms. The van der Waals surface area contributed by atoms with Crippen LogP contribution in [0.15, 0.2) is 36.4 Å². The van der Waals surface area contributed by atoms with Crippen LogP contribution in [0.5, 0.6) is 0 Å². The first-order chi connectivity index (χ1) is 13.7. The number of hydrogen-bond acceptors (Lipinski definition) is 3. The van der Waals surface area contributed by atoms with Gasteiger partial charge in [0, 0.05) is 19.2 Å². The van der Waals surface area contributed by atoms with Crippen molar-refractivity contribution in [3.05, 3.63) is 59.2 Å². The second kappa shape index (κ2) is 7.09. The zero-order valence-corrected chi connectivity index (χ0v) is 15.0. The van der Waals surface area contributed by atoms with E-state index in [4.69, 9.17) is 0 Å². The second-order valence-electron chi connectivity index (χ2n) is 6.88. The number of alkyl halides is 3. The van der Waals surface area contributed by atoms with Gasteiger partial charge < -0.3 is 4.90 Å². The summed E-state index contributed by atoms with van der Waals surface area (Å²) in [5.74, 6) is -2.21. The molecule has 3 aromatic rings. The third kappa shape index (κ3) is 3.66. The largest absolute Gasteiger partial charge is 0.416 e. The fourth-order valence-corrected chi connectivity index (χ4v) is 3.53. The van der Waals surface area contributed by atoms with Crippen molar-refractivity contribution in [2.24, 2.45) is 0 Å². The molecule has 152 valence electrons. The Morgan fingerprint density at radius 3 is 2.41 bits per heavy atom. The third-order valence-electron chi connectivity index (χ3n) is 5.06. The van der Waals surface area contributed by atoms with Gasteiger partial charge in [-0.15, -0.1) is 5.10 Å². The fourth-order valence-electron chi connectivity index (χ4n) is 3.53. The molecule has 0 unspecified atom stereocenters. The maximum absolute atomic E-state index is 13.9. The summed E-state index contributed by atoms with van der Waals surface area (Å²) >= 11 is 0. The Morgan fingerprint density at radius 2 is 1.76 bits per heavy atom. The van der Waals surface area contributed by atoms with Crippen LogP contribution < -0.4 is 0 Å². The van der Waals surface area contributed by atoms with Crippen molar-refractivity contribution in [3.63, 3.8) is 0 Å². The Hall–Kier alpha value is -3.04. The number of amides is 1. The highest BCUT2D eigenvalue weighted by molar-refractivity contribution is 5.94. The maximum Gasteiger partial charge on any atom is 0.416 e. The number of piperidine rings is 1. The molecule has 1 saturated heterocycles. The minimum atomic E-state index is -4.46. The van der Waals surface area contributed by atoms with Gasteiger partial charge in [0.25, 0.3) is 5.91 Å². The van der Waals surface area contributed by atoms with Crippen molar-refractivity contribution >= 4 is 16.9 Å². The Balaban J connectivity index is 1.49. The van der Waals surface area contributed by atoms with Crippen molar-refractivity contribution in [1.82, 2.24) is 19.9 Å². The minimum Gasteiger partial charge on any atom is -0.338 e. The smallest absolute Gasteiger partial charge is 0.338 e. The van der Waals surface area contributed by atoms with E-state index < -0.39 is 29.3 Å². The van der Waals surface area contributed by atoms with Crippen molar-refractivity contribution < 1.29 is 26.7 Å². The molecule has 0 atom stereocenters. The molecule has 1 fully saturated rings. The van der Waals surface area contributed by atoms with Crippen LogP contribution in [0.3, 0.4) is 0 Å². The lowest BCUT2D eigenvalue weighted by Crippen LogP contribution is -2.39. The Morgan fingerprint density at radius 1 is 1.03 bits per heavy atom. The third-order valence-corrected chi connectivity index (χ3v) is 5.06. The van der Waals surface area contributed by atoms with E-state index in [1.165, 1.54) is 11.0 Å². The number of carbonyl (C=O) groups is 1. The number of fused-ring (bicyclic) bond motifs is 1. The van der Waals surface area contributed by atoms with Crippen molar-refractivity contribution in [3.8, 4) is 0 Å². The van der Waals surface area contributed by atoms with E-state index in [2.05, 4.69) is 10.3 Å². The molecule has 0 saturated carbocycles. The molecule has 0 bridgehead atoms. The van der Waals surface area contributed by atoms with E-state index in [9.17, 15) is 26.7 Å². The molecule has 5 nitrogen and oxygen atoms in total. The van der Waals surface area contributed by atoms with Crippen molar-refractivity contribution in [2.45, 2.75) is 25.1 Å². The average molecular weight is 410 g/mol. The van der Waals surface area contributed by atoms with Crippen LogP contribution >= 0.6 is 0 Å². The van der Waals surface area contributed by atoms with Crippen LogP contribution in [-0.4, -0.2) is 38.9 Å². The molecular weight excluding hydrogens is 395 g/mol. The van der Waals surface area contributed by atoms with Gasteiger partial charge in [-0.3, -0.25) is 4.79 Å². The van der Waals surface area contributed by atoms with Gasteiger partial charge in [-0.05, 0) is 43.2 Å². The number of hydrogen-bond donors (Lipinski definition) is 0. The lowest BCUT2D eigenvalue weighted by Gasteiger charge is -2.32. The molecule has 2 heterocycles. The molecular formula is C19H15F5N4O. The molecule has 1 aromatic heterocycles. The molecule has 0 radical (unpaired) electrons. The normalized spacial score (nSPS) is 15.8. The molecule has 4 rings (SSSR count). The molecule has 1 aliphatic rings.